The highest BCUT2D eigenvalue weighted by molar-refractivity contribution is 7.29. The number of halogens is 2. The molecule has 0 radical (unpaired) electrons. The maximum atomic E-state index is 12.8. The standard InChI is InChI=1S/C16H24N4OS2.2ClH/c1-5-19(6-2)16-18-14-12(23-16)9-13(22-14)15(21)20-8-7-17-10(3)11(20)4;;/h9-11,17H,5-8H2,1-4H3;2*1H. The molecule has 1 fully saturated rings. The number of amides is 1. The van der Waals surface area contributed by atoms with Crippen LogP contribution in [0.25, 0.3) is 9.53 Å². The van der Waals surface area contributed by atoms with Gasteiger partial charge in [0.05, 0.1) is 9.58 Å². The molecule has 0 saturated carbocycles. The number of carbonyl (C=O) groups excluding carboxylic acids is 1. The van der Waals surface area contributed by atoms with E-state index in [1.165, 1.54) is 11.3 Å². The Hall–Kier alpha value is -0.600. The molecular formula is C16H26Cl2N4OS2. The molecule has 1 amide bonds. The summed E-state index contributed by atoms with van der Waals surface area (Å²) >= 11 is 3.21. The van der Waals surface area contributed by atoms with Crippen molar-refractivity contribution in [2.45, 2.75) is 39.8 Å². The molecule has 3 rings (SSSR count). The number of anilines is 1. The number of hydrogen-bond acceptors (Lipinski definition) is 6. The second-order valence-electron chi connectivity index (χ2n) is 5.93. The molecule has 2 aromatic rings. The Balaban J connectivity index is 0.00000156. The molecule has 0 spiro atoms. The number of nitrogens with one attached hydrogen (secondary N) is 1. The molecule has 3 heterocycles. The second-order valence-corrected chi connectivity index (χ2v) is 7.97. The minimum atomic E-state index is 0. The van der Waals surface area contributed by atoms with Gasteiger partial charge in [-0.05, 0) is 33.8 Å². The van der Waals surface area contributed by atoms with Crippen LogP contribution in [0.5, 0.6) is 0 Å². The summed E-state index contributed by atoms with van der Waals surface area (Å²) in [6.07, 6.45) is 0. The van der Waals surface area contributed by atoms with Crippen molar-refractivity contribution in [1.29, 1.82) is 0 Å². The van der Waals surface area contributed by atoms with Gasteiger partial charge in [0.25, 0.3) is 5.91 Å². The fourth-order valence-corrected chi connectivity index (χ4v) is 5.24. The normalized spacial score (nSPS) is 20.1. The molecule has 1 aliphatic heterocycles. The van der Waals surface area contributed by atoms with Crippen molar-refractivity contribution in [3.05, 3.63) is 10.9 Å². The molecule has 142 valence electrons. The van der Waals surface area contributed by atoms with Crippen molar-refractivity contribution in [2.75, 3.05) is 31.1 Å². The number of hydrogen-bond donors (Lipinski definition) is 1. The Bertz CT molecular complexity index is 670. The van der Waals surface area contributed by atoms with Gasteiger partial charge in [0.1, 0.15) is 4.83 Å². The quantitative estimate of drug-likeness (QED) is 0.808. The van der Waals surface area contributed by atoms with Crippen molar-refractivity contribution in [2.24, 2.45) is 0 Å². The van der Waals surface area contributed by atoms with Crippen LogP contribution in [-0.4, -0.2) is 54.1 Å². The van der Waals surface area contributed by atoms with Crippen molar-refractivity contribution < 1.29 is 4.79 Å². The van der Waals surface area contributed by atoms with E-state index in [4.69, 9.17) is 4.98 Å². The fraction of sp³-hybridized carbons (Fsp3) is 0.625. The van der Waals surface area contributed by atoms with Gasteiger partial charge < -0.3 is 15.1 Å². The lowest BCUT2D eigenvalue weighted by Crippen LogP contribution is -2.57. The maximum absolute atomic E-state index is 12.8. The predicted octanol–water partition coefficient (Wildman–Crippen LogP) is 3.87. The molecule has 2 aromatic heterocycles. The van der Waals surface area contributed by atoms with Gasteiger partial charge in [0, 0.05) is 38.3 Å². The highest BCUT2D eigenvalue weighted by Crippen LogP contribution is 2.35. The number of aromatic nitrogens is 1. The number of thiazole rings is 1. The minimum absolute atomic E-state index is 0. The molecule has 2 unspecified atom stereocenters. The van der Waals surface area contributed by atoms with Gasteiger partial charge in [-0.3, -0.25) is 4.79 Å². The predicted molar refractivity (Wildman–Crippen MR) is 114 cm³/mol. The highest BCUT2D eigenvalue weighted by Gasteiger charge is 2.30. The molecule has 0 bridgehead atoms. The van der Waals surface area contributed by atoms with E-state index in [9.17, 15) is 4.79 Å². The Morgan fingerprint density at radius 3 is 2.60 bits per heavy atom. The summed E-state index contributed by atoms with van der Waals surface area (Å²) in [5.41, 5.74) is 0. The van der Waals surface area contributed by atoms with Gasteiger partial charge >= 0.3 is 0 Å². The van der Waals surface area contributed by atoms with Crippen LogP contribution in [0.15, 0.2) is 6.07 Å². The van der Waals surface area contributed by atoms with E-state index in [2.05, 4.69) is 37.9 Å². The van der Waals surface area contributed by atoms with E-state index in [1.54, 1.807) is 11.3 Å². The third-order valence-electron chi connectivity index (χ3n) is 4.62. The summed E-state index contributed by atoms with van der Waals surface area (Å²) < 4.78 is 1.12. The number of rotatable bonds is 4. The lowest BCUT2D eigenvalue weighted by Gasteiger charge is -2.38. The van der Waals surface area contributed by atoms with Gasteiger partial charge in [-0.2, -0.15) is 0 Å². The van der Waals surface area contributed by atoms with Crippen LogP contribution >= 0.6 is 47.5 Å². The number of carbonyl (C=O) groups is 1. The minimum Gasteiger partial charge on any atom is -0.349 e. The molecule has 5 nitrogen and oxygen atoms in total. The van der Waals surface area contributed by atoms with Gasteiger partial charge in [-0.1, -0.05) is 11.3 Å². The average Bonchev–Trinajstić information content (AvgIpc) is 3.09. The zero-order valence-electron chi connectivity index (χ0n) is 14.9. The van der Waals surface area contributed by atoms with E-state index in [0.29, 0.717) is 6.04 Å². The van der Waals surface area contributed by atoms with Gasteiger partial charge in [-0.15, -0.1) is 36.2 Å². The zero-order valence-corrected chi connectivity index (χ0v) is 18.2. The lowest BCUT2D eigenvalue weighted by atomic mass is 10.1. The van der Waals surface area contributed by atoms with Gasteiger partial charge in [-0.25, -0.2) is 4.98 Å². The van der Waals surface area contributed by atoms with Crippen molar-refractivity contribution in [3.63, 3.8) is 0 Å². The first kappa shape index (κ1) is 22.4. The molecule has 0 aromatic carbocycles. The molecule has 1 saturated heterocycles. The largest absolute Gasteiger partial charge is 0.349 e. The molecule has 1 aliphatic rings. The van der Waals surface area contributed by atoms with Crippen LogP contribution in [0.4, 0.5) is 5.13 Å². The van der Waals surface area contributed by atoms with Crippen molar-refractivity contribution in [3.8, 4) is 0 Å². The van der Waals surface area contributed by atoms with Gasteiger partial charge in [0.15, 0.2) is 5.13 Å². The average molecular weight is 425 g/mol. The highest BCUT2D eigenvalue weighted by atomic mass is 35.5. The smallest absolute Gasteiger partial charge is 0.264 e. The third-order valence-corrected chi connectivity index (χ3v) is 6.83. The topological polar surface area (TPSA) is 48.5 Å². The second kappa shape index (κ2) is 9.37. The Labute approximate surface area is 169 Å². The number of nitrogens with zero attached hydrogens (tertiary/aromatic N) is 3. The van der Waals surface area contributed by atoms with Crippen LogP contribution < -0.4 is 10.2 Å². The number of piperazine rings is 1. The molecule has 0 aliphatic carbocycles. The summed E-state index contributed by atoms with van der Waals surface area (Å²) in [6, 6.07) is 2.57. The van der Waals surface area contributed by atoms with E-state index in [-0.39, 0.29) is 36.8 Å². The lowest BCUT2D eigenvalue weighted by molar-refractivity contribution is 0.0608. The van der Waals surface area contributed by atoms with Crippen LogP contribution in [0, 0.1) is 0 Å². The summed E-state index contributed by atoms with van der Waals surface area (Å²) in [5, 5.41) is 4.47. The third kappa shape index (κ3) is 4.39. The number of fused-ring (bicyclic) bond motifs is 1. The van der Waals surface area contributed by atoms with E-state index in [1.807, 2.05) is 11.0 Å². The molecule has 1 N–H and O–H groups in total. The summed E-state index contributed by atoms with van der Waals surface area (Å²) in [6.45, 7) is 12.1. The molecule has 25 heavy (non-hydrogen) atoms. The van der Waals surface area contributed by atoms with E-state index in [0.717, 1.165) is 45.7 Å². The maximum Gasteiger partial charge on any atom is 0.264 e. The first-order chi connectivity index (χ1) is 11.0. The van der Waals surface area contributed by atoms with Crippen LogP contribution in [-0.2, 0) is 0 Å². The summed E-state index contributed by atoms with van der Waals surface area (Å²) in [5.74, 6) is 0.144. The number of thiophene rings is 1. The monoisotopic (exact) mass is 424 g/mol. The Kier molecular flexibility index (Phi) is 8.41. The first-order valence-electron chi connectivity index (χ1n) is 8.24. The molecule has 9 heteroatoms. The van der Waals surface area contributed by atoms with Crippen LogP contribution in [0.1, 0.15) is 37.4 Å². The first-order valence-corrected chi connectivity index (χ1v) is 9.88. The Morgan fingerprint density at radius 1 is 1.32 bits per heavy atom. The van der Waals surface area contributed by atoms with Crippen molar-refractivity contribution >= 4 is 68.1 Å². The Morgan fingerprint density at radius 2 is 2.00 bits per heavy atom. The van der Waals surface area contributed by atoms with Crippen LogP contribution in [0.3, 0.4) is 0 Å². The molecular weight excluding hydrogens is 399 g/mol. The summed E-state index contributed by atoms with van der Waals surface area (Å²) in [4.78, 5) is 23.6. The summed E-state index contributed by atoms with van der Waals surface area (Å²) in [7, 11) is 0. The SMILES string of the molecule is CCN(CC)c1nc2sc(C(=O)N3CCNC(C)C3C)cc2s1.Cl.Cl. The fourth-order valence-electron chi connectivity index (χ4n) is 2.94. The van der Waals surface area contributed by atoms with Crippen LogP contribution in [0.2, 0.25) is 0 Å². The van der Waals surface area contributed by atoms with E-state index >= 15 is 0 Å². The van der Waals surface area contributed by atoms with E-state index < -0.39 is 0 Å². The zero-order chi connectivity index (χ0) is 16.6. The van der Waals surface area contributed by atoms with Gasteiger partial charge in [0.2, 0.25) is 0 Å². The van der Waals surface area contributed by atoms with Crippen molar-refractivity contribution in [1.82, 2.24) is 15.2 Å². The molecule has 2 atom stereocenters.